The van der Waals surface area contributed by atoms with Gasteiger partial charge >= 0.3 is 0 Å². The lowest BCUT2D eigenvalue weighted by Gasteiger charge is -2.43. The number of hydrogen-bond acceptors (Lipinski definition) is 1. The van der Waals surface area contributed by atoms with Crippen molar-refractivity contribution >= 4 is 5.91 Å². The van der Waals surface area contributed by atoms with E-state index in [0.29, 0.717) is 36.0 Å². The average molecular weight is 265 g/mol. The van der Waals surface area contributed by atoms with Gasteiger partial charge in [0.15, 0.2) is 0 Å². The van der Waals surface area contributed by atoms with Crippen LogP contribution in [0, 0.1) is 23.7 Å². The number of rotatable bonds is 4. The Morgan fingerprint density at radius 2 is 1.47 bits per heavy atom. The van der Waals surface area contributed by atoms with Gasteiger partial charge in [0.25, 0.3) is 0 Å². The summed E-state index contributed by atoms with van der Waals surface area (Å²) in [7, 11) is 0. The molecule has 0 saturated carbocycles. The minimum atomic E-state index is 0.256. The SMILES string of the molecule is CC(C)C1=C(C(C)C)N(C(C)C)C(=O)CC1C(C)C. The molecule has 0 aromatic rings. The van der Waals surface area contributed by atoms with E-state index in [4.69, 9.17) is 0 Å². The molecule has 0 aliphatic carbocycles. The van der Waals surface area contributed by atoms with E-state index in [9.17, 15) is 4.79 Å². The van der Waals surface area contributed by atoms with Crippen LogP contribution in [0.15, 0.2) is 11.3 Å². The predicted octanol–water partition coefficient (Wildman–Crippen LogP) is 4.47. The molecule has 0 saturated heterocycles. The highest BCUT2D eigenvalue weighted by Crippen LogP contribution is 2.41. The van der Waals surface area contributed by atoms with Gasteiger partial charge in [-0.25, -0.2) is 0 Å². The highest BCUT2D eigenvalue weighted by atomic mass is 16.2. The van der Waals surface area contributed by atoms with Gasteiger partial charge in [0.1, 0.15) is 0 Å². The molecule has 0 aromatic heterocycles. The average Bonchev–Trinajstić information content (AvgIpc) is 2.25. The van der Waals surface area contributed by atoms with E-state index in [1.54, 1.807) is 0 Å². The molecule has 1 aliphatic rings. The van der Waals surface area contributed by atoms with Crippen molar-refractivity contribution in [2.75, 3.05) is 0 Å². The van der Waals surface area contributed by atoms with Crippen LogP contribution in [0.5, 0.6) is 0 Å². The van der Waals surface area contributed by atoms with Crippen LogP contribution in [0.1, 0.15) is 61.8 Å². The second kappa shape index (κ2) is 6.11. The Kier molecular flexibility index (Phi) is 5.23. The van der Waals surface area contributed by atoms with Crippen molar-refractivity contribution in [2.24, 2.45) is 23.7 Å². The van der Waals surface area contributed by atoms with Crippen LogP contribution in [-0.4, -0.2) is 16.8 Å². The predicted molar refractivity (Wildman–Crippen MR) is 81.6 cm³/mol. The molecule has 0 aromatic carbocycles. The van der Waals surface area contributed by atoms with Gasteiger partial charge in [-0.15, -0.1) is 0 Å². The van der Waals surface area contributed by atoms with Crippen molar-refractivity contribution in [1.82, 2.24) is 4.90 Å². The van der Waals surface area contributed by atoms with E-state index >= 15 is 0 Å². The summed E-state index contributed by atoms with van der Waals surface area (Å²) in [6, 6.07) is 0.256. The molecule has 1 atom stereocenters. The molecule has 1 heterocycles. The Labute approximate surface area is 119 Å². The third-order valence-corrected chi connectivity index (χ3v) is 4.11. The van der Waals surface area contributed by atoms with Crippen LogP contribution in [0.3, 0.4) is 0 Å². The Balaban J connectivity index is 3.44. The molecule has 1 aliphatic heterocycles. The molecule has 0 radical (unpaired) electrons. The molecular formula is C17H31NO. The van der Waals surface area contributed by atoms with Crippen molar-refractivity contribution in [3.63, 3.8) is 0 Å². The summed E-state index contributed by atoms with van der Waals surface area (Å²) in [6.45, 7) is 17.7. The summed E-state index contributed by atoms with van der Waals surface area (Å²) in [5.74, 6) is 2.18. The summed E-state index contributed by atoms with van der Waals surface area (Å²) in [6.07, 6.45) is 0.680. The maximum Gasteiger partial charge on any atom is 0.227 e. The Bertz CT molecular complexity index is 363. The lowest BCUT2D eigenvalue weighted by Crippen LogP contribution is -2.45. The van der Waals surface area contributed by atoms with Crippen LogP contribution in [0.4, 0.5) is 0 Å². The van der Waals surface area contributed by atoms with E-state index in [0.717, 1.165) is 0 Å². The Morgan fingerprint density at radius 3 is 1.79 bits per heavy atom. The summed E-state index contributed by atoms with van der Waals surface area (Å²) in [5, 5.41) is 0. The van der Waals surface area contributed by atoms with Gasteiger partial charge in [0.05, 0.1) is 0 Å². The van der Waals surface area contributed by atoms with Gasteiger partial charge < -0.3 is 4.90 Å². The van der Waals surface area contributed by atoms with Crippen molar-refractivity contribution in [2.45, 2.75) is 67.9 Å². The lowest BCUT2D eigenvalue weighted by atomic mass is 9.74. The summed E-state index contributed by atoms with van der Waals surface area (Å²) in [4.78, 5) is 14.6. The highest BCUT2D eigenvalue weighted by molar-refractivity contribution is 5.81. The van der Waals surface area contributed by atoms with E-state index in [2.05, 4.69) is 60.3 Å². The molecule has 0 bridgehead atoms. The minimum absolute atomic E-state index is 0.256. The maximum atomic E-state index is 12.5. The van der Waals surface area contributed by atoms with E-state index in [1.807, 2.05) is 0 Å². The van der Waals surface area contributed by atoms with Crippen molar-refractivity contribution in [3.8, 4) is 0 Å². The van der Waals surface area contributed by atoms with Crippen molar-refractivity contribution in [3.05, 3.63) is 11.3 Å². The number of carbonyl (C=O) groups excluding carboxylic acids is 1. The topological polar surface area (TPSA) is 20.3 Å². The largest absolute Gasteiger partial charge is 0.313 e. The van der Waals surface area contributed by atoms with Crippen LogP contribution >= 0.6 is 0 Å². The lowest BCUT2D eigenvalue weighted by molar-refractivity contribution is -0.133. The number of hydrogen-bond donors (Lipinski definition) is 0. The fraction of sp³-hybridized carbons (Fsp3) is 0.824. The molecule has 19 heavy (non-hydrogen) atoms. The molecule has 0 fully saturated rings. The number of nitrogens with zero attached hydrogens (tertiary/aromatic N) is 1. The first-order valence-electron chi connectivity index (χ1n) is 7.74. The van der Waals surface area contributed by atoms with E-state index in [1.165, 1.54) is 11.3 Å². The van der Waals surface area contributed by atoms with E-state index < -0.39 is 0 Å². The molecule has 0 spiro atoms. The molecule has 2 heteroatoms. The fourth-order valence-corrected chi connectivity index (χ4v) is 3.36. The normalized spacial score (nSPS) is 21.6. The summed E-state index contributed by atoms with van der Waals surface area (Å²) in [5.41, 5.74) is 2.80. The van der Waals surface area contributed by atoms with Gasteiger partial charge in [-0.1, -0.05) is 41.5 Å². The smallest absolute Gasteiger partial charge is 0.227 e. The Morgan fingerprint density at radius 1 is 0.947 bits per heavy atom. The zero-order valence-electron chi connectivity index (χ0n) is 13.9. The van der Waals surface area contributed by atoms with Gasteiger partial charge in [0, 0.05) is 18.2 Å². The van der Waals surface area contributed by atoms with Crippen LogP contribution < -0.4 is 0 Å². The molecule has 110 valence electrons. The third-order valence-electron chi connectivity index (χ3n) is 4.11. The second-order valence-corrected chi connectivity index (χ2v) is 7.06. The van der Waals surface area contributed by atoms with Crippen molar-refractivity contribution in [1.29, 1.82) is 0 Å². The highest BCUT2D eigenvalue weighted by Gasteiger charge is 2.37. The van der Waals surface area contributed by atoms with E-state index in [-0.39, 0.29) is 6.04 Å². The Hall–Kier alpha value is -0.790. The van der Waals surface area contributed by atoms with Crippen LogP contribution in [-0.2, 0) is 4.79 Å². The second-order valence-electron chi connectivity index (χ2n) is 7.06. The molecular weight excluding hydrogens is 234 g/mol. The maximum absolute atomic E-state index is 12.5. The quantitative estimate of drug-likeness (QED) is 0.734. The molecule has 1 unspecified atom stereocenters. The van der Waals surface area contributed by atoms with Gasteiger partial charge in [0.2, 0.25) is 5.91 Å². The zero-order valence-corrected chi connectivity index (χ0v) is 13.9. The molecule has 1 amide bonds. The molecule has 1 rings (SSSR count). The number of allylic oxidation sites excluding steroid dienone is 2. The van der Waals surface area contributed by atoms with Crippen molar-refractivity contribution < 1.29 is 4.79 Å². The van der Waals surface area contributed by atoms with Crippen LogP contribution in [0.2, 0.25) is 0 Å². The minimum Gasteiger partial charge on any atom is -0.313 e. The van der Waals surface area contributed by atoms with Crippen LogP contribution in [0.25, 0.3) is 0 Å². The number of amides is 1. The first kappa shape index (κ1) is 16.3. The van der Waals surface area contributed by atoms with Gasteiger partial charge in [-0.05, 0) is 43.1 Å². The van der Waals surface area contributed by atoms with Gasteiger partial charge in [-0.3, -0.25) is 4.79 Å². The first-order valence-corrected chi connectivity index (χ1v) is 7.74. The summed E-state index contributed by atoms with van der Waals surface area (Å²) >= 11 is 0. The summed E-state index contributed by atoms with van der Waals surface area (Å²) < 4.78 is 0. The third kappa shape index (κ3) is 3.21. The van der Waals surface area contributed by atoms with Gasteiger partial charge in [-0.2, -0.15) is 0 Å². The monoisotopic (exact) mass is 265 g/mol. The standard InChI is InChI=1S/C17H31NO/c1-10(2)14-9-15(19)18(13(7)8)17(12(5)6)16(14)11(3)4/h10-14H,9H2,1-8H3. The fourth-order valence-electron chi connectivity index (χ4n) is 3.36. The molecule has 2 nitrogen and oxygen atoms in total. The number of carbonyl (C=O) groups is 1. The zero-order chi connectivity index (χ0) is 14.9. The first-order chi connectivity index (χ1) is 8.68. The molecule has 0 N–H and O–H groups in total.